The fourth-order valence-electron chi connectivity index (χ4n) is 1.70. The zero-order valence-electron chi connectivity index (χ0n) is 11.1. The minimum Gasteiger partial charge on any atom is -0.461 e. The molecule has 0 radical (unpaired) electrons. The molecule has 0 aliphatic carbocycles. The van der Waals surface area contributed by atoms with E-state index in [2.05, 4.69) is 15.4 Å². The van der Waals surface area contributed by atoms with Crippen LogP contribution in [0.15, 0.2) is 11.7 Å². The molecule has 0 spiro atoms. The second-order valence-corrected chi connectivity index (χ2v) is 4.75. The average Bonchev–Trinajstić information content (AvgIpc) is 2.96. The number of rotatable bonds is 5. The molecule has 2 aromatic rings. The number of nitrogens with one attached hydrogen (secondary N) is 1. The van der Waals surface area contributed by atoms with Crippen LogP contribution in [0.5, 0.6) is 0 Å². The normalized spacial score (nSPS) is 10.5. The van der Waals surface area contributed by atoms with Crippen molar-refractivity contribution < 1.29 is 9.53 Å². The van der Waals surface area contributed by atoms with Gasteiger partial charge >= 0.3 is 5.97 Å². The Balaban J connectivity index is 2.24. The lowest BCUT2D eigenvalue weighted by atomic mass is 10.3. The summed E-state index contributed by atoms with van der Waals surface area (Å²) in [4.78, 5) is 15.8. The standard InChI is InChI=1S/C12H16N4O2S/c1-4-8-9(6-16(3)15-8)14-11-10(13-7-19-11)12(17)18-5-2/h6-7,14H,4-5H2,1-3H3. The largest absolute Gasteiger partial charge is 0.461 e. The van der Waals surface area contributed by atoms with Crippen molar-refractivity contribution in [2.24, 2.45) is 7.05 Å². The lowest BCUT2D eigenvalue weighted by molar-refractivity contribution is 0.0521. The van der Waals surface area contributed by atoms with Crippen molar-refractivity contribution in [1.29, 1.82) is 0 Å². The molecule has 2 aromatic heterocycles. The van der Waals surface area contributed by atoms with E-state index in [1.807, 2.05) is 20.2 Å². The summed E-state index contributed by atoms with van der Waals surface area (Å²) in [6.07, 6.45) is 2.70. The van der Waals surface area contributed by atoms with E-state index in [1.165, 1.54) is 11.3 Å². The molecule has 7 heteroatoms. The Kier molecular flexibility index (Phi) is 4.16. The lowest BCUT2D eigenvalue weighted by Gasteiger charge is -2.05. The van der Waals surface area contributed by atoms with Crippen LogP contribution < -0.4 is 5.32 Å². The third-order valence-corrected chi connectivity index (χ3v) is 3.27. The van der Waals surface area contributed by atoms with Crippen molar-refractivity contribution in [2.75, 3.05) is 11.9 Å². The van der Waals surface area contributed by atoms with Gasteiger partial charge in [-0.25, -0.2) is 9.78 Å². The Hall–Kier alpha value is -1.89. The molecule has 2 heterocycles. The highest BCUT2D eigenvalue weighted by molar-refractivity contribution is 7.14. The molecule has 2 rings (SSSR count). The van der Waals surface area contributed by atoms with Gasteiger partial charge in [-0.05, 0) is 13.3 Å². The zero-order chi connectivity index (χ0) is 13.8. The number of thiazole rings is 1. The van der Waals surface area contributed by atoms with Crippen molar-refractivity contribution >= 4 is 28.0 Å². The lowest BCUT2D eigenvalue weighted by Crippen LogP contribution is -2.07. The SMILES string of the molecule is CCOC(=O)c1ncsc1Nc1cn(C)nc1CC. The van der Waals surface area contributed by atoms with Gasteiger partial charge < -0.3 is 10.1 Å². The van der Waals surface area contributed by atoms with E-state index in [9.17, 15) is 4.79 Å². The summed E-state index contributed by atoms with van der Waals surface area (Å²) in [6, 6.07) is 0. The van der Waals surface area contributed by atoms with Gasteiger partial charge in [-0.1, -0.05) is 6.92 Å². The molecular formula is C12H16N4O2S. The van der Waals surface area contributed by atoms with Gasteiger partial charge in [-0.15, -0.1) is 11.3 Å². The van der Waals surface area contributed by atoms with Gasteiger partial charge in [0.2, 0.25) is 0 Å². The Morgan fingerprint density at radius 1 is 1.53 bits per heavy atom. The van der Waals surface area contributed by atoms with E-state index < -0.39 is 5.97 Å². The first-order chi connectivity index (χ1) is 9.15. The molecule has 102 valence electrons. The monoisotopic (exact) mass is 280 g/mol. The van der Waals surface area contributed by atoms with E-state index >= 15 is 0 Å². The van der Waals surface area contributed by atoms with E-state index in [0.29, 0.717) is 17.3 Å². The fourth-order valence-corrected chi connectivity index (χ4v) is 2.38. The minimum absolute atomic E-state index is 0.317. The van der Waals surface area contributed by atoms with E-state index in [-0.39, 0.29) is 0 Å². The predicted octanol–water partition coefficient (Wildman–Crippen LogP) is 2.36. The van der Waals surface area contributed by atoms with E-state index in [4.69, 9.17) is 4.74 Å². The first-order valence-corrected chi connectivity index (χ1v) is 6.93. The Labute approximate surface area is 115 Å². The zero-order valence-corrected chi connectivity index (χ0v) is 12.0. The van der Waals surface area contributed by atoms with Crippen LogP contribution in [0.1, 0.15) is 30.0 Å². The van der Waals surface area contributed by atoms with Crippen LogP contribution in [0.3, 0.4) is 0 Å². The summed E-state index contributed by atoms with van der Waals surface area (Å²) in [5, 5.41) is 8.23. The van der Waals surface area contributed by atoms with Gasteiger partial charge in [0.1, 0.15) is 5.00 Å². The molecule has 0 amide bonds. The number of carbonyl (C=O) groups excluding carboxylic acids is 1. The van der Waals surface area contributed by atoms with Crippen molar-refractivity contribution in [2.45, 2.75) is 20.3 Å². The maximum atomic E-state index is 11.7. The molecule has 0 bridgehead atoms. The van der Waals surface area contributed by atoms with Crippen molar-refractivity contribution in [3.05, 3.63) is 23.1 Å². The highest BCUT2D eigenvalue weighted by atomic mass is 32.1. The summed E-state index contributed by atoms with van der Waals surface area (Å²) in [7, 11) is 1.86. The maximum Gasteiger partial charge on any atom is 0.360 e. The van der Waals surface area contributed by atoms with Crippen LogP contribution in [0.4, 0.5) is 10.7 Å². The predicted molar refractivity (Wildman–Crippen MR) is 73.9 cm³/mol. The number of hydrogen-bond acceptors (Lipinski definition) is 6. The maximum absolute atomic E-state index is 11.7. The first-order valence-electron chi connectivity index (χ1n) is 6.05. The molecule has 6 nitrogen and oxygen atoms in total. The number of hydrogen-bond donors (Lipinski definition) is 1. The Morgan fingerprint density at radius 3 is 3.00 bits per heavy atom. The van der Waals surface area contributed by atoms with Crippen molar-refractivity contribution in [3.8, 4) is 0 Å². The van der Waals surface area contributed by atoms with Gasteiger partial charge in [0.25, 0.3) is 0 Å². The molecule has 19 heavy (non-hydrogen) atoms. The molecule has 0 aliphatic rings. The molecule has 0 saturated carbocycles. The molecule has 0 aromatic carbocycles. The second-order valence-electron chi connectivity index (χ2n) is 3.89. The summed E-state index contributed by atoms with van der Waals surface area (Å²) >= 11 is 1.37. The molecule has 0 saturated heterocycles. The van der Waals surface area contributed by atoms with Gasteiger partial charge in [-0.2, -0.15) is 5.10 Å². The first kappa shape index (κ1) is 13.5. The highest BCUT2D eigenvalue weighted by Crippen LogP contribution is 2.27. The summed E-state index contributed by atoms with van der Waals surface area (Å²) in [5.74, 6) is -0.409. The average molecular weight is 280 g/mol. The number of ether oxygens (including phenoxy) is 1. The smallest absolute Gasteiger partial charge is 0.360 e. The van der Waals surface area contributed by atoms with Gasteiger partial charge in [0, 0.05) is 13.2 Å². The summed E-state index contributed by atoms with van der Waals surface area (Å²) < 4.78 is 6.71. The number of esters is 1. The molecule has 0 atom stereocenters. The van der Waals surface area contributed by atoms with E-state index in [0.717, 1.165) is 17.8 Å². The topological polar surface area (TPSA) is 69.0 Å². The van der Waals surface area contributed by atoms with Crippen molar-refractivity contribution in [1.82, 2.24) is 14.8 Å². The summed E-state index contributed by atoms with van der Waals surface area (Å²) in [5.41, 5.74) is 3.78. The molecule has 0 aliphatic heterocycles. The fraction of sp³-hybridized carbons (Fsp3) is 0.417. The number of aryl methyl sites for hydroxylation is 2. The second kappa shape index (κ2) is 5.83. The van der Waals surface area contributed by atoms with Crippen LogP contribution in [0.25, 0.3) is 0 Å². The molecular weight excluding hydrogens is 264 g/mol. The Morgan fingerprint density at radius 2 is 2.32 bits per heavy atom. The van der Waals surface area contributed by atoms with Crippen LogP contribution >= 0.6 is 11.3 Å². The van der Waals surface area contributed by atoms with Gasteiger partial charge in [-0.3, -0.25) is 4.68 Å². The van der Waals surface area contributed by atoms with Crippen LogP contribution in [0.2, 0.25) is 0 Å². The number of carbonyl (C=O) groups is 1. The number of nitrogens with zero attached hydrogens (tertiary/aromatic N) is 3. The number of anilines is 2. The quantitative estimate of drug-likeness (QED) is 0.851. The Bertz CT molecular complexity index is 576. The third-order valence-electron chi connectivity index (χ3n) is 2.52. The molecule has 0 fully saturated rings. The highest BCUT2D eigenvalue weighted by Gasteiger charge is 2.17. The van der Waals surface area contributed by atoms with Crippen LogP contribution in [-0.2, 0) is 18.2 Å². The summed E-state index contributed by atoms with van der Waals surface area (Å²) in [6.45, 7) is 4.14. The van der Waals surface area contributed by atoms with Gasteiger partial charge in [0.15, 0.2) is 5.69 Å². The minimum atomic E-state index is -0.409. The third kappa shape index (κ3) is 2.93. The molecule has 0 unspecified atom stereocenters. The van der Waals surface area contributed by atoms with Crippen LogP contribution in [-0.4, -0.2) is 27.3 Å². The van der Waals surface area contributed by atoms with Crippen molar-refractivity contribution in [3.63, 3.8) is 0 Å². The van der Waals surface area contributed by atoms with E-state index in [1.54, 1.807) is 17.1 Å². The number of aromatic nitrogens is 3. The van der Waals surface area contributed by atoms with Crippen LogP contribution in [0, 0.1) is 0 Å². The molecule has 1 N–H and O–H groups in total. The van der Waals surface area contributed by atoms with Gasteiger partial charge in [0.05, 0.1) is 23.5 Å².